The Morgan fingerprint density at radius 3 is 2.88 bits per heavy atom. The lowest BCUT2D eigenvalue weighted by atomic mass is 9.89. The van der Waals surface area contributed by atoms with Crippen molar-refractivity contribution in [1.82, 2.24) is 19.9 Å². The van der Waals surface area contributed by atoms with E-state index in [0.717, 1.165) is 42.5 Å². The Bertz CT molecular complexity index is 851. The van der Waals surface area contributed by atoms with E-state index in [1.54, 1.807) is 6.20 Å². The molecule has 2 N–H and O–H groups in total. The van der Waals surface area contributed by atoms with Gasteiger partial charge in [0.05, 0.1) is 0 Å². The van der Waals surface area contributed by atoms with Crippen LogP contribution in [0.2, 0.25) is 0 Å². The van der Waals surface area contributed by atoms with Crippen LogP contribution in [0, 0.1) is 5.82 Å². The van der Waals surface area contributed by atoms with Crippen molar-refractivity contribution >= 4 is 22.7 Å². The quantitative estimate of drug-likeness (QED) is 0.772. The highest BCUT2D eigenvalue weighted by atomic mass is 19.1. The minimum atomic E-state index is -0.157. The zero-order valence-corrected chi connectivity index (χ0v) is 13.6. The van der Waals surface area contributed by atoms with Crippen LogP contribution in [0.3, 0.4) is 0 Å². The maximum absolute atomic E-state index is 14.5. The van der Waals surface area contributed by atoms with E-state index >= 15 is 0 Å². The van der Waals surface area contributed by atoms with Crippen LogP contribution in [-0.4, -0.2) is 40.0 Å². The lowest BCUT2D eigenvalue weighted by Gasteiger charge is -2.29. The van der Waals surface area contributed by atoms with E-state index in [0.29, 0.717) is 17.6 Å². The minimum absolute atomic E-state index is 0.157. The summed E-state index contributed by atoms with van der Waals surface area (Å²) >= 11 is 0. The molecule has 0 radical (unpaired) electrons. The number of hydrogen-bond donors (Lipinski definition) is 2. The number of H-pyrrole nitrogens is 1. The highest BCUT2D eigenvalue weighted by Crippen LogP contribution is 2.31. The molecule has 0 bridgehead atoms. The number of likely N-dealkylation sites (tertiary alicyclic amines) is 1. The lowest BCUT2D eigenvalue weighted by molar-refractivity contribution is 0.253. The van der Waals surface area contributed by atoms with E-state index in [4.69, 9.17) is 0 Å². The average molecular weight is 325 g/mol. The molecular formula is C18H20FN5. The molecule has 1 aliphatic rings. The Morgan fingerprint density at radius 2 is 2.08 bits per heavy atom. The molecule has 124 valence electrons. The first-order valence-corrected chi connectivity index (χ1v) is 8.24. The number of piperidine rings is 1. The number of fused-ring (bicyclic) bond motifs is 1. The number of aromatic amines is 1. The molecule has 0 saturated carbocycles. The van der Waals surface area contributed by atoms with E-state index in [2.05, 4.69) is 32.2 Å². The van der Waals surface area contributed by atoms with Crippen LogP contribution >= 0.6 is 0 Å². The highest BCUT2D eigenvalue weighted by Gasteiger charge is 2.21. The summed E-state index contributed by atoms with van der Waals surface area (Å²) in [5, 5.41) is 4.02. The SMILES string of the molecule is CN1CCC(c2ccc(Nc3ncc4cc[nH]c4n3)cc2F)CC1. The smallest absolute Gasteiger partial charge is 0.229 e. The van der Waals surface area contributed by atoms with Gasteiger partial charge in [-0.2, -0.15) is 4.98 Å². The lowest BCUT2D eigenvalue weighted by Crippen LogP contribution is -2.29. The summed E-state index contributed by atoms with van der Waals surface area (Å²) in [7, 11) is 2.11. The van der Waals surface area contributed by atoms with Crippen LogP contribution in [0.4, 0.5) is 16.0 Å². The van der Waals surface area contributed by atoms with Crippen molar-refractivity contribution in [3.63, 3.8) is 0 Å². The molecule has 3 heterocycles. The Kier molecular flexibility index (Phi) is 3.90. The van der Waals surface area contributed by atoms with Gasteiger partial charge in [-0.15, -0.1) is 0 Å². The van der Waals surface area contributed by atoms with Gasteiger partial charge in [0.2, 0.25) is 5.95 Å². The standard InChI is InChI=1S/C18H20FN5/c1-24-8-5-12(6-9-24)15-3-2-14(10-16(15)19)22-18-21-11-13-4-7-20-17(13)23-18/h2-4,7,10-12H,5-6,8-9H2,1H3,(H2,20,21,22,23). The average Bonchev–Trinajstić information content (AvgIpc) is 3.04. The maximum atomic E-state index is 14.5. The van der Waals surface area contributed by atoms with Gasteiger partial charge in [-0.05, 0) is 62.7 Å². The second-order valence-corrected chi connectivity index (χ2v) is 6.41. The van der Waals surface area contributed by atoms with Gasteiger partial charge >= 0.3 is 0 Å². The van der Waals surface area contributed by atoms with Crippen molar-refractivity contribution in [2.45, 2.75) is 18.8 Å². The third-order valence-electron chi connectivity index (χ3n) is 4.71. The predicted molar refractivity (Wildman–Crippen MR) is 93.0 cm³/mol. The number of halogens is 1. The topological polar surface area (TPSA) is 56.8 Å². The molecule has 1 aromatic carbocycles. The van der Waals surface area contributed by atoms with Gasteiger partial charge in [-0.1, -0.05) is 6.07 Å². The monoisotopic (exact) mass is 325 g/mol. The van der Waals surface area contributed by atoms with E-state index < -0.39 is 0 Å². The number of nitrogens with zero attached hydrogens (tertiary/aromatic N) is 3. The molecule has 1 saturated heterocycles. The summed E-state index contributed by atoms with van der Waals surface area (Å²) in [6.07, 6.45) is 5.57. The van der Waals surface area contributed by atoms with Crippen molar-refractivity contribution in [2.24, 2.45) is 0 Å². The molecule has 0 amide bonds. The summed E-state index contributed by atoms with van der Waals surface area (Å²) in [6.45, 7) is 2.04. The normalized spacial score (nSPS) is 16.6. The number of hydrogen-bond acceptors (Lipinski definition) is 4. The summed E-state index contributed by atoms with van der Waals surface area (Å²) in [6, 6.07) is 7.24. The van der Waals surface area contributed by atoms with Gasteiger partial charge < -0.3 is 15.2 Å². The minimum Gasteiger partial charge on any atom is -0.346 e. The van der Waals surface area contributed by atoms with E-state index in [9.17, 15) is 4.39 Å². The second-order valence-electron chi connectivity index (χ2n) is 6.41. The Balaban J connectivity index is 1.53. The fourth-order valence-electron chi connectivity index (χ4n) is 3.28. The molecule has 0 atom stereocenters. The summed E-state index contributed by atoms with van der Waals surface area (Å²) in [5.41, 5.74) is 2.24. The van der Waals surface area contributed by atoms with Crippen molar-refractivity contribution < 1.29 is 4.39 Å². The zero-order chi connectivity index (χ0) is 16.5. The van der Waals surface area contributed by atoms with Crippen LogP contribution in [0.15, 0.2) is 36.7 Å². The van der Waals surface area contributed by atoms with Gasteiger partial charge in [0.25, 0.3) is 0 Å². The fraction of sp³-hybridized carbons (Fsp3) is 0.333. The summed E-state index contributed by atoms with van der Waals surface area (Å²) in [4.78, 5) is 14.0. The van der Waals surface area contributed by atoms with Crippen LogP contribution < -0.4 is 5.32 Å². The fourth-order valence-corrected chi connectivity index (χ4v) is 3.28. The molecule has 1 aliphatic heterocycles. The third-order valence-corrected chi connectivity index (χ3v) is 4.71. The van der Waals surface area contributed by atoms with Crippen LogP contribution in [0.1, 0.15) is 24.3 Å². The van der Waals surface area contributed by atoms with Gasteiger partial charge in [0, 0.05) is 23.5 Å². The van der Waals surface area contributed by atoms with Crippen LogP contribution in [0.5, 0.6) is 0 Å². The van der Waals surface area contributed by atoms with Gasteiger partial charge in [0.1, 0.15) is 11.5 Å². The van der Waals surface area contributed by atoms with E-state index in [1.165, 1.54) is 6.07 Å². The Labute approximate surface area is 139 Å². The first-order chi connectivity index (χ1) is 11.7. The van der Waals surface area contributed by atoms with Crippen molar-refractivity contribution in [1.29, 1.82) is 0 Å². The Hall–Kier alpha value is -2.47. The number of nitrogens with one attached hydrogen (secondary N) is 2. The predicted octanol–water partition coefficient (Wildman–Crippen LogP) is 3.65. The molecule has 2 aromatic heterocycles. The zero-order valence-electron chi connectivity index (χ0n) is 13.6. The van der Waals surface area contributed by atoms with Gasteiger partial charge in [-0.25, -0.2) is 9.37 Å². The molecule has 6 heteroatoms. The number of anilines is 2. The van der Waals surface area contributed by atoms with E-state index in [-0.39, 0.29) is 5.82 Å². The molecule has 3 aromatic rings. The number of aromatic nitrogens is 3. The Morgan fingerprint density at radius 1 is 1.25 bits per heavy atom. The highest BCUT2D eigenvalue weighted by molar-refractivity contribution is 5.75. The third kappa shape index (κ3) is 2.97. The number of rotatable bonds is 3. The molecule has 1 fully saturated rings. The molecule has 0 aliphatic carbocycles. The molecule has 0 unspecified atom stereocenters. The first kappa shape index (κ1) is 15.1. The molecular weight excluding hydrogens is 305 g/mol. The molecule has 0 spiro atoms. The molecule has 4 rings (SSSR count). The maximum Gasteiger partial charge on any atom is 0.229 e. The van der Waals surface area contributed by atoms with Gasteiger partial charge in [0.15, 0.2) is 0 Å². The van der Waals surface area contributed by atoms with Crippen molar-refractivity contribution in [2.75, 3.05) is 25.5 Å². The van der Waals surface area contributed by atoms with Crippen molar-refractivity contribution in [3.8, 4) is 0 Å². The van der Waals surface area contributed by atoms with Gasteiger partial charge in [-0.3, -0.25) is 0 Å². The molecule has 5 nitrogen and oxygen atoms in total. The second kappa shape index (κ2) is 6.20. The summed E-state index contributed by atoms with van der Waals surface area (Å²) in [5.74, 6) is 0.605. The summed E-state index contributed by atoms with van der Waals surface area (Å²) < 4.78 is 14.5. The van der Waals surface area contributed by atoms with Crippen molar-refractivity contribution in [3.05, 3.63) is 48.0 Å². The van der Waals surface area contributed by atoms with Crippen LogP contribution in [-0.2, 0) is 0 Å². The number of benzene rings is 1. The molecule has 24 heavy (non-hydrogen) atoms. The largest absolute Gasteiger partial charge is 0.346 e. The first-order valence-electron chi connectivity index (χ1n) is 8.24. The van der Waals surface area contributed by atoms with E-state index in [1.807, 2.05) is 24.4 Å². The van der Waals surface area contributed by atoms with Crippen LogP contribution in [0.25, 0.3) is 11.0 Å².